The fourth-order valence-electron chi connectivity index (χ4n) is 1.47. The van der Waals surface area contributed by atoms with E-state index in [9.17, 15) is 0 Å². The van der Waals surface area contributed by atoms with Gasteiger partial charge in [-0.1, -0.05) is 19.9 Å². The van der Waals surface area contributed by atoms with E-state index in [1.54, 1.807) is 0 Å². The highest BCUT2D eigenvalue weighted by Gasteiger charge is 2.09. The smallest absolute Gasteiger partial charge is 0.247 e. The Morgan fingerprint density at radius 3 is 2.81 bits per heavy atom. The quantitative estimate of drug-likeness (QED) is 0.802. The lowest BCUT2D eigenvalue weighted by Gasteiger charge is -1.98. The summed E-state index contributed by atoms with van der Waals surface area (Å²) < 4.78 is 5.56. The van der Waals surface area contributed by atoms with Gasteiger partial charge < -0.3 is 10.2 Å². The van der Waals surface area contributed by atoms with Gasteiger partial charge in [-0.3, -0.25) is 0 Å². The van der Waals surface area contributed by atoms with Crippen molar-refractivity contribution in [1.29, 1.82) is 0 Å². The van der Waals surface area contributed by atoms with E-state index in [0.29, 0.717) is 23.4 Å². The highest BCUT2D eigenvalue weighted by Crippen LogP contribution is 2.20. The first-order valence-corrected chi connectivity index (χ1v) is 5.33. The molecule has 4 nitrogen and oxygen atoms in total. The molecule has 4 heteroatoms. The number of nitrogens with zero attached hydrogens (tertiary/aromatic N) is 2. The maximum atomic E-state index is 5.69. The largest absolute Gasteiger partial charge is 0.421 e. The molecule has 0 aliphatic heterocycles. The Hall–Kier alpha value is -1.84. The highest BCUT2D eigenvalue weighted by atomic mass is 16.4. The third-order valence-corrected chi connectivity index (χ3v) is 2.18. The molecule has 0 bridgehead atoms. The molecule has 1 aromatic carbocycles. The Kier molecular flexibility index (Phi) is 2.90. The molecule has 0 aliphatic carbocycles. The van der Waals surface area contributed by atoms with Crippen LogP contribution in [0.3, 0.4) is 0 Å². The minimum Gasteiger partial charge on any atom is -0.421 e. The number of hydrogen-bond donors (Lipinski definition) is 1. The van der Waals surface area contributed by atoms with E-state index in [4.69, 9.17) is 10.2 Å². The summed E-state index contributed by atoms with van der Waals surface area (Å²) in [4.78, 5) is 0. The summed E-state index contributed by atoms with van der Waals surface area (Å²) in [6.07, 6.45) is 0.801. The zero-order valence-electron chi connectivity index (χ0n) is 9.47. The van der Waals surface area contributed by atoms with E-state index >= 15 is 0 Å². The summed E-state index contributed by atoms with van der Waals surface area (Å²) in [6, 6.07) is 7.43. The van der Waals surface area contributed by atoms with Gasteiger partial charge >= 0.3 is 0 Å². The van der Waals surface area contributed by atoms with Crippen LogP contribution >= 0.6 is 0 Å². The minimum atomic E-state index is 0.508. The summed E-state index contributed by atoms with van der Waals surface area (Å²) in [5.41, 5.74) is 7.25. The molecule has 0 saturated carbocycles. The number of aromatic nitrogens is 2. The Labute approximate surface area is 94.5 Å². The topological polar surface area (TPSA) is 64.9 Å². The summed E-state index contributed by atoms with van der Waals surface area (Å²) >= 11 is 0. The first kappa shape index (κ1) is 10.7. The summed E-state index contributed by atoms with van der Waals surface area (Å²) in [6.45, 7) is 4.23. The molecule has 0 amide bonds. The molecule has 2 aromatic rings. The standard InChI is InChI=1S/C12H15N3O/c1-8(2)6-11-14-15-12(16-11)9-4-3-5-10(13)7-9/h3-5,7-8H,6,13H2,1-2H3. The first-order valence-electron chi connectivity index (χ1n) is 5.33. The highest BCUT2D eigenvalue weighted by molar-refractivity contribution is 5.59. The number of benzene rings is 1. The van der Waals surface area contributed by atoms with E-state index in [1.807, 2.05) is 24.3 Å². The molecule has 0 aliphatic rings. The number of nitrogen functional groups attached to an aromatic ring is 1. The van der Waals surface area contributed by atoms with E-state index < -0.39 is 0 Å². The average molecular weight is 217 g/mol. The first-order chi connectivity index (χ1) is 7.65. The Bertz CT molecular complexity index is 477. The van der Waals surface area contributed by atoms with Crippen LogP contribution < -0.4 is 5.73 Å². The number of hydrogen-bond acceptors (Lipinski definition) is 4. The Morgan fingerprint density at radius 1 is 1.31 bits per heavy atom. The van der Waals surface area contributed by atoms with Crippen LogP contribution in [0, 0.1) is 5.92 Å². The predicted molar refractivity (Wildman–Crippen MR) is 62.7 cm³/mol. The molecule has 16 heavy (non-hydrogen) atoms. The summed E-state index contributed by atoms with van der Waals surface area (Å²) in [7, 11) is 0. The lowest BCUT2D eigenvalue weighted by molar-refractivity contribution is 0.466. The second-order valence-electron chi connectivity index (χ2n) is 4.22. The normalized spacial score (nSPS) is 10.9. The monoisotopic (exact) mass is 217 g/mol. The van der Waals surface area contributed by atoms with Crippen molar-refractivity contribution in [3.63, 3.8) is 0 Å². The molecular weight excluding hydrogens is 202 g/mol. The molecule has 2 N–H and O–H groups in total. The van der Waals surface area contributed by atoms with Gasteiger partial charge in [-0.15, -0.1) is 10.2 Å². The van der Waals surface area contributed by atoms with E-state index in [-0.39, 0.29) is 0 Å². The minimum absolute atomic E-state index is 0.508. The van der Waals surface area contributed by atoms with Crippen molar-refractivity contribution >= 4 is 5.69 Å². The van der Waals surface area contributed by atoms with Gasteiger partial charge in [0.2, 0.25) is 11.8 Å². The zero-order chi connectivity index (χ0) is 11.5. The van der Waals surface area contributed by atoms with Crippen molar-refractivity contribution < 1.29 is 4.42 Å². The van der Waals surface area contributed by atoms with Crippen LogP contribution in [0.1, 0.15) is 19.7 Å². The van der Waals surface area contributed by atoms with Gasteiger partial charge in [0, 0.05) is 17.7 Å². The van der Waals surface area contributed by atoms with Crippen molar-refractivity contribution in [3.05, 3.63) is 30.2 Å². The number of anilines is 1. The van der Waals surface area contributed by atoms with Gasteiger partial charge in [0.1, 0.15) is 0 Å². The van der Waals surface area contributed by atoms with E-state index in [2.05, 4.69) is 24.0 Å². The SMILES string of the molecule is CC(C)Cc1nnc(-c2cccc(N)c2)o1. The fourth-order valence-corrected chi connectivity index (χ4v) is 1.47. The molecule has 0 saturated heterocycles. The lowest BCUT2D eigenvalue weighted by atomic mass is 10.1. The van der Waals surface area contributed by atoms with Crippen molar-refractivity contribution in [2.24, 2.45) is 5.92 Å². The number of rotatable bonds is 3. The second kappa shape index (κ2) is 4.35. The zero-order valence-corrected chi connectivity index (χ0v) is 9.47. The van der Waals surface area contributed by atoms with Gasteiger partial charge in [0.15, 0.2) is 0 Å². The molecule has 0 spiro atoms. The third-order valence-electron chi connectivity index (χ3n) is 2.18. The van der Waals surface area contributed by atoms with Crippen LogP contribution in [0.25, 0.3) is 11.5 Å². The molecule has 1 aromatic heterocycles. The van der Waals surface area contributed by atoms with Crippen LogP contribution in [-0.2, 0) is 6.42 Å². The average Bonchev–Trinajstić information content (AvgIpc) is 2.65. The molecule has 0 radical (unpaired) electrons. The molecule has 0 unspecified atom stereocenters. The maximum absolute atomic E-state index is 5.69. The van der Waals surface area contributed by atoms with Crippen molar-refractivity contribution in [2.45, 2.75) is 20.3 Å². The third kappa shape index (κ3) is 2.39. The lowest BCUT2D eigenvalue weighted by Crippen LogP contribution is -1.93. The van der Waals surface area contributed by atoms with Crippen LogP contribution in [-0.4, -0.2) is 10.2 Å². The van der Waals surface area contributed by atoms with Crippen molar-refractivity contribution in [3.8, 4) is 11.5 Å². The van der Waals surface area contributed by atoms with Gasteiger partial charge in [-0.2, -0.15) is 0 Å². The van der Waals surface area contributed by atoms with Crippen LogP contribution in [0.4, 0.5) is 5.69 Å². The molecule has 0 atom stereocenters. The van der Waals surface area contributed by atoms with Crippen LogP contribution in [0.5, 0.6) is 0 Å². The molecule has 0 fully saturated rings. The molecular formula is C12H15N3O. The summed E-state index contributed by atoms with van der Waals surface area (Å²) in [5.74, 6) is 1.71. The second-order valence-corrected chi connectivity index (χ2v) is 4.22. The predicted octanol–water partition coefficient (Wildman–Crippen LogP) is 2.52. The molecule has 1 heterocycles. The Balaban J connectivity index is 2.24. The molecule has 84 valence electrons. The van der Waals surface area contributed by atoms with Crippen molar-refractivity contribution in [2.75, 3.05) is 5.73 Å². The maximum Gasteiger partial charge on any atom is 0.247 e. The fraction of sp³-hybridized carbons (Fsp3) is 0.333. The van der Waals surface area contributed by atoms with Crippen LogP contribution in [0.2, 0.25) is 0 Å². The molecule has 2 rings (SSSR count). The van der Waals surface area contributed by atoms with Crippen molar-refractivity contribution in [1.82, 2.24) is 10.2 Å². The number of nitrogens with two attached hydrogens (primary N) is 1. The van der Waals surface area contributed by atoms with Gasteiger partial charge in [0.05, 0.1) is 0 Å². The van der Waals surface area contributed by atoms with E-state index in [0.717, 1.165) is 12.0 Å². The van der Waals surface area contributed by atoms with Gasteiger partial charge in [-0.25, -0.2) is 0 Å². The van der Waals surface area contributed by atoms with E-state index in [1.165, 1.54) is 0 Å². The Morgan fingerprint density at radius 2 is 2.12 bits per heavy atom. The summed E-state index contributed by atoms with van der Waals surface area (Å²) in [5, 5.41) is 8.01. The van der Waals surface area contributed by atoms with Gasteiger partial charge in [0.25, 0.3) is 0 Å². The van der Waals surface area contributed by atoms with Gasteiger partial charge in [-0.05, 0) is 24.1 Å². The van der Waals surface area contributed by atoms with Crippen LogP contribution in [0.15, 0.2) is 28.7 Å².